The first-order valence-electron chi connectivity index (χ1n) is 6.30. The number of anilines is 1. The summed E-state index contributed by atoms with van der Waals surface area (Å²) < 4.78 is 1.26. The van der Waals surface area contributed by atoms with E-state index in [1.807, 2.05) is 0 Å². The van der Waals surface area contributed by atoms with E-state index in [4.69, 9.17) is 0 Å². The van der Waals surface area contributed by atoms with Gasteiger partial charge in [-0.25, -0.2) is 0 Å². The summed E-state index contributed by atoms with van der Waals surface area (Å²) >= 11 is 2.45. The lowest BCUT2D eigenvalue weighted by Gasteiger charge is -2.28. The average molecular weight is 329 g/mol. The number of aryl methyl sites for hydroxylation is 1. The van der Waals surface area contributed by atoms with Crippen molar-refractivity contribution in [2.75, 3.05) is 22.4 Å². The normalized spacial score (nSPS) is 16.4. The molecule has 1 heterocycles. The molecule has 0 saturated carbocycles. The van der Waals surface area contributed by atoms with Crippen LogP contribution in [0, 0.1) is 0 Å². The van der Waals surface area contributed by atoms with Gasteiger partial charge in [-0.3, -0.25) is 0 Å². The van der Waals surface area contributed by atoms with Crippen LogP contribution in [0.3, 0.4) is 0 Å². The highest BCUT2D eigenvalue weighted by atomic mass is 127. The number of nitrogens with zero attached hydrogens (tertiary/aromatic N) is 1. The SMILES string of the molecule is ICCCc1ccc(N2CCCCC2)cc1. The van der Waals surface area contributed by atoms with Crippen LogP contribution in [0.5, 0.6) is 0 Å². The number of benzene rings is 1. The second-order valence-corrected chi connectivity index (χ2v) is 5.59. The molecule has 1 aromatic carbocycles. The molecule has 16 heavy (non-hydrogen) atoms. The lowest BCUT2D eigenvalue weighted by atomic mass is 10.1. The fourth-order valence-corrected chi connectivity index (χ4v) is 2.68. The second kappa shape index (κ2) is 6.48. The minimum absolute atomic E-state index is 1.23. The molecule has 0 amide bonds. The fourth-order valence-electron chi connectivity index (χ4n) is 2.30. The summed E-state index contributed by atoms with van der Waals surface area (Å²) in [5.74, 6) is 0. The van der Waals surface area contributed by atoms with E-state index in [0.29, 0.717) is 0 Å². The molecule has 1 aromatic rings. The Labute approximate surface area is 112 Å². The Bertz CT molecular complexity index is 301. The fraction of sp³-hybridized carbons (Fsp3) is 0.571. The smallest absolute Gasteiger partial charge is 0.0366 e. The molecular formula is C14H20IN. The molecule has 0 unspecified atom stereocenters. The summed E-state index contributed by atoms with van der Waals surface area (Å²) in [5.41, 5.74) is 2.90. The van der Waals surface area contributed by atoms with Crippen molar-refractivity contribution in [2.24, 2.45) is 0 Å². The Morgan fingerprint density at radius 3 is 2.31 bits per heavy atom. The Morgan fingerprint density at radius 2 is 1.69 bits per heavy atom. The van der Waals surface area contributed by atoms with Gasteiger partial charge in [-0.2, -0.15) is 0 Å². The number of hydrogen-bond acceptors (Lipinski definition) is 1. The van der Waals surface area contributed by atoms with Crippen LogP contribution in [0.15, 0.2) is 24.3 Å². The maximum absolute atomic E-state index is 2.52. The standard InChI is InChI=1S/C14H20IN/c15-10-4-5-13-6-8-14(9-7-13)16-11-2-1-3-12-16/h6-9H,1-5,10-12H2. The van der Waals surface area contributed by atoms with Crippen LogP contribution in [-0.2, 0) is 6.42 Å². The highest BCUT2D eigenvalue weighted by molar-refractivity contribution is 14.1. The third-order valence-electron chi connectivity index (χ3n) is 3.26. The zero-order valence-electron chi connectivity index (χ0n) is 9.79. The maximum atomic E-state index is 2.52. The summed E-state index contributed by atoms with van der Waals surface area (Å²) in [7, 11) is 0. The van der Waals surface area contributed by atoms with Crippen LogP contribution in [0.2, 0.25) is 0 Å². The number of halogens is 1. The second-order valence-electron chi connectivity index (χ2n) is 4.51. The molecule has 88 valence electrons. The van der Waals surface area contributed by atoms with E-state index < -0.39 is 0 Å². The van der Waals surface area contributed by atoms with Crippen molar-refractivity contribution < 1.29 is 0 Å². The van der Waals surface area contributed by atoms with Crippen LogP contribution in [-0.4, -0.2) is 17.5 Å². The topological polar surface area (TPSA) is 3.24 Å². The minimum atomic E-state index is 1.23. The van der Waals surface area contributed by atoms with E-state index in [1.165, 1.54) is 60.9 Å². The molecule has 2 rings (SSSR count). The summed E-state index contributed by atoms with van der Waals surface area (Å²) in [6, 6.07) is 9.20. The first-order valence-corrected chi connectivity index (χ1v) is 7.82. The predicted octanol–water partition coefficient (Wildman–Crippen LogP) is 4.04. The maximum Gasteiger partial charge on any atom is 0.0366 e. The van der Waals surface area contributed by atoms with Gasteiger partial charge in [0.05, 0.1) is 0 Å². The number of rotatable bonds is 4. The Morgan fingerprint density at radius 1 is 1.00 bits per heavy atom. The monoisotopic (exact) mass is 329 g/mol. The van der Waals surface area contributed by atoms with E-state index in [1.54, 1.807) is 0 Å². The zero-order valence-corrected chi connectivity index (χ0v) is 11.9. The lowest BCUT2D eigenvalue weighted by molar-refractivity contribution is 0.578. The number of piperidine rings is 1. The van der Waals surface area contributed by atoms with E-state index in [-0.39, 0.29) is 0 Å². The molecule has 0 radical (unpaired) electrons. The molecule has 0 aliphatic carbocycles. The summed E-state index contributed by atoms with van der Waals surface area (Å²) in [4.78, 5) is 2.52. The zero-order chi connectivity index (χ0) is 11.2. The van der Waals surface area contributed by atoms with Gasteiger partial charge in [0.25, 0.3) is 0 Å². The highest BCUT2D eigenvalue weighted by Crippen LogP contribution is 2.20. The van der Waals surface area contributed by atoms with E-state index in [9.17, 15) is 0 Å². The Balaban J connectivity index is 1.95. The van der Waals surface area contributed by atoms with Crippen molar-refractivity contribution in [3.05, 3.63) is 29.8 Å². The molecule has 1 nitrogen and oxygen atoms in total. The summed E-state index contributed by atoms with van der Waals surface area (Å²) in [5, 5.41) is 0. The van der Waals surface area contributed by atoms with Gasteiger partial charge in [-0.1, -0.05) is 34.7 Å². The molecule has 0 aromatic heterocycles. The predicted molar refractivity (Wildman–Crippen MR) is 79.7 cm³/mol. The molecule has 1 aliphatic heterocycles. The quantitative estimate of drug-likeness (QED) is 0.595. The van der Waals surface area contributed by atoms with Crippen molar-refractivity contribution >= 4 is 28.3 Å². The molecule has 0 bridgehead atoms. The molecule has 0 N–H and O–H groups in total. The van der Waals surface area contributed by atoms with Gasteiger partial charge in [0.2, 0.25) is 0 Å². The first-order chi connectivity index (χ1) is 7.90. The van der Waals surface area contributed by atoms with E-state index in [0.717, 1.165) is 0 Å². The lowest BCUT2D eigenvalue weighted by Crippen LogP contribution is -2.29. The first kappa shape index (κ1) is 12.2. The Kier molecular flexibility index (Phi) is 4.94. The van der Waals surface area contributed by atoms with Gasteiger partial charge in [-0.15, -0.1) is 0 Å². The van der Waals surface area contributed by atoms with Crippen LogP contribution in [0.4, 0.5) is 5.69 Å². The van der Waals surface area contributed by atoms with Gasteiger partial charge < -0.3 is 4.90 Å². The molecular weight excluding hydrogens is 309 g/mol. The van der Waals surface area contributed by atoms with Crippen LogP contribution < -0.4 is 4.90 Å². The van der Waals surface area contributed by atoms with Gasteiger partial charge in [-0.05, 0) is 54.2 Å². The van der Waals surface area contributed by atoms with Crippen LogP contribution in [0.1, 0.15) is 31.2 Å². The number of hydrogen-bond donors (Lipinski definition) is 0. The highest BCUT2D eigenvalue weighted by Gasteiger charge is 2.10. The molecule has 1 saturated heterocycles. The van der Waals surface area contributed by atoms with Crippen molar-refractivity contribution in [2.45, 2.75) is 32.1 Å². The molecule has 2 heteroatoms. The van der Waals surface area contributed by atoms with Gasteiger partial charge in [0.1, 0.15) is 0 Å². The van der Waals surface area contributed by atoms with Gasteiger partial charge >= 0.3 is 0 Å². The van der Waals surface area contributed by atoms with Crippen molar-refractivity contribution in [3.63, 3.8) is 0 Å². The van der Waals surface area contributed by atoms with Crippen molar-refractivity contribution in [1.82, 2.24) is 0 Å². The van der Waals surface area contributed by atoms with E-state index in [2.05, 4.69) is 51.8 Å². The van der Waals surface area contributed by atoms with Crippen molar-refractivity contribution in [1.29, 1.82) is 0 Å². The molecule has 1 aliphatic rings. The summed E-state index contributed by atoms with van der Waals surface area (Å²) in [6.07, 6.45) is 6.64. The Hall–Kier alpha value is -0.250. The minimum Gasteiger partial charge on any atom is -0.372 e. The third kappa shape index (κ3) is 3.37. The van der Waals surface area contributed by atoms with Crippen LogP contribution in [0.25, 0.3) is 0 Å². The molecule has 0 spiro atoms. The summed E-state index contributed by atoms with van der Waals surface area (Å²) in [6.45, 7) is 2.49. The van der Waals surface area contributed by atoms with Crippen LogP contribution >= 0.6 is 22.6 Å². The van der Waals surface area contributed by atoms with E-state index >= 15 is 0 Å². The number of alkyl halides is 1. The van der Waals surface area contributed by atoms with Gasteiger partial charge in [0.15, 0.2) is 0 Å². The van der Waals surface area contributed by atoms with Gasteiger partial charge in [0, 0.05) is 18.8 Å². The molecule has 0 atom stereocenters. The average Bonchev–Trinajstić information content (AvgIpc) is 2.38. The third-order valence-corrected chi connectivity index (χ3v) is 4.02. The molecule has 1 fully saturated rings. The van der Waals surface area contributed by atoms with Crippen molar-refractivity contribution in [3.8, 4) is 0 Å². The largest absolute Gasteiger partial charge is 0.372 e.